The highest BCUT2D eigenvalue weighted by atomic mass is 15.0. The molecular formula is C13H19N3. The summed E-state index contributed by atoms with van der Waals surface area (Å²) in [7, 11) is 0. The van der Waals surface area contributed by atoms with Gasteiger partial charge in [-0.2, -0.15) is 0 Å². The maximum Gasteiger partial charge on any atom is 0.142 e. The quantitative estimate of drug-likeness (QED) is 0.853. The lowest BCUT2D eigenvalue weighted by Gasteiger charge is -2.14. The van der Waals surface area contributed by atoms with E-state index in [-0.39, 0.29) is 0 Å². The number of anilines is 1. The largest absolute Gasteiger partial charge is 0.398 e. The summed E-state index contributed by atoms with van der Waals surface area (Å²) < 4.78 is 2.22. The Morgan fingerprint density at radius 2 is 2.25 bits per heavy atom. The van der Waals surface area contributed by atoms with Gasteiger partial charge in [-0.1, -0.05) is 19.8 Å². The first-order valence-electron chi connectivity index (χ1n) is 5.95. The summed E-state index contributed by atoms with van der Waals surface area (Å²) >= 11 is 0. The first kappa shape index (κ1) is 11.0. The highest BCUT2D eigenvalue weighted by Crippen LogP contribution is 2.24. The van der Waals surface area contributed by atoms with E-state index in [9.17, 15) is 0 Å². The van der Waals surface area contributed by atoms with Gasteiger partial charge in [0.15, 0.2) is 0 Å². The van der Waals surface area contributed by atoms with Gasteiger partial charge in [0.1, 0.15) is 5.65 Å². The van der Waals surface area contributed by atoms with E-state index in [1.165, 1.54) is 19.3 Å². The standard InChI is InChI=1S/C13H19N3/c1-3-4-5-10(2)16-9-7-11-12(14)6-8-15-13(11)16/h6-10H,3-5H2,1-2H3,(H2,14,15). The molecule has 0 aliphatic heterocycles. The second-order valence-corrected chi connectivity index (χ2v) is 4.35. The Balaban J connectivity index is 2.34. The monoisotopic (exact) mass is 217 g/mol. The summed E-state index contributed by atoms with van der Waals surface area (Å²) in [5.41, 5.74) is 7.73. The molecule has 16 heavy (non-hydrogen) atoms. The maximum absolute atomic E-state index is 5.92. The number of nitrogens with two attached hydrogens (primary N) is 1. The summed E-state index contributed by atoms with van der Waals surface area (Å²) in [5, 5.41) is 1.06. The van der Waals surface area contributed by atoms with Crippen molar-refractivity contribution in [3.05, 3.63) is 24.5 Å². The molecule has 0 saturated carbocycles. The van der Waals surface area contributed by atoms with Crippen LogP contribution in [0.2, 0.25) is 0 Å². The van der Waals surface area contributed by atoms with Crippen molar-refractivity contribution in [2.24, 2.45) is 0 Å². The molecule has 0 saturated heterocycles. The molecule has 2 N–H and O–H groups in total. The fraction of sp³-hybridized carbons (Fsp3) is 0.462. The predicted molar refractivity (Wildman–Crippen MR) is 68.4 cm³/mol. The molecule has 0 aliphatic carbocycles. The summed E-state index contributed by atoms with van der Waals surface area (Å²) in [6.45, 7) is 4.46. The third-order valence-corrected chi connectivity index (χ3v) is 3.10. The molecule has 0 aromatic carbocycles. The summed E-state index contributed by atoms with van der Waals surface area (Å²) in [4.78, 5) is 4.41. The van der Waals surface area contributed by atoms with Crippen molar-refractivity contribution in [2.75, 3.05) is 5.73 Å². The zero-order valence-electron chi connectivity index (χ0n) is 9.98. The van der Waals surface area contributed by atoms with E-state index in [1.54, 1.807) is 6.20 Å². The second-order valence-electron chi connectivity index (χ2n) is 4.35. The van der Waals surface area contributed by atoms with E-state index in [0.29, 0.717) is 6.04 Å². The van der Waals surface area contributed by atoms with Crippen molar-refractivity contribution in [1.82, 2.24) is 9.55 Å². The van der Waals surface area contributed by atoms with Crippen LogP contribution in [0.5, 0.6) is 0 Å². The molecule has 0 spiro atoms. The van der Waals surface area contributed by atoms with Gasteiger partial charge in [-0.05, 0) is 25.5 Å². The summed E-state index contributed by atoms with van der Waals surface area (Å²) in [6.07, 6.45) is 7.55. The van der Waals surface area contributed by atoms with Crippen LogP contribution in [0.25, 0.3) is 11.0 Å². The van der Waals surface area contributed by atoms with Crippen molar-refractivity contribution in [3.8, 4) is 0 Å². The third kappa shape index (κ3) is 1.90. The summed E-state index contributed by atoms with van der Waals surface area (Å²) in [5.74, 6) is 0. The lowest BCUT2D eigenvalue weighted by atomic mass is 10.1. The van der Waals surface area contributed by atoms with E-state index in [4.69, 9.17) is 5.73 Å². The Hall–Kier alpha value is -1.51. The second kappa shape index (κ2) is 4.56. The van der Waals surface area contributed by atoms with E-state index < -0.39 is 0 Å². The Morgan fingerprint density at radius 3 is 3.00 bits per heavy atom. The van der Waals surface area contributed by atoms with Gasteiger partial charge in [0.05, 0.1) is 0 Å². The Labute approximate surface area is 96.3 Å². The molecule has 0 amide bonds. The van der Waals surface area contributed by atoms with Crippen LogP contribution < -0.4 is 5.73 Å². The number of hydrogen-bond acceptors (Lipinski definition) is 2. The molecule has 0 fully saturated rings. The Bertz CT molecular complexity index is 473. The number of hydrogen-bond donors (Lipinski definition) is 1. The van der Waals surface area contributed by atoms with Crippen molar-refractivity contribution >= 4 is 16.7 Å². The van der Waals surface area contributed by atoms with Gasteiger partial charge in [0.2, 0.25) is 0 Å². The van der Waals surface area contributed by atoms with Crippen LogP contribution in [0.15, 0.2) is 24.5 Å². The van der Waals surface area contributed by atoms with E-state index in [2.05, 4.69) is 35.7 Å². The number of rotatable bonds is 4. The molecule has 86 valence electrons. The molecule has 3 nitrogen and oxygen atoms in total. The number of aromatic nitrogens is 2. The number of pyridine rings is 1. The number of nitrogens with zero attached hydrogens (tertiary/aromatic N) is 2. The average molecular weight is 217 g/mol. The highest BCUT2D eigenvalue weighted by molar-refractivity contribution is 5.88. The lowest BCUT2D eigenvalue weighted by molar-refractivity contribution is 0.496. The van der Waals surface area contributed by atoms with Crippen LogP contribution in [-0.2, 0) is 0 Å². The molecule has 1 atom stereocenters. The number of fused-ring (bicyclic) bond motifs is 1. The Morgan fingerprint density at radius 1 is 1.44 bits per heavy atom. The van der Waals surface area contributed by atoms with E-state index in [1.807, 2.05) is 6.07 Å². The van der Waals surface area contributed by atoms with Crippen LogP contribution in [0.3, 0.4) is 0 Å². The number of nitrogen functional groups attached to an aromatic ring is 1. The van der Waals surface area contributed by atoms with Crippen molar-refractivity contribution in [1.29, 1.82) is 0 Å². The molecule has 0 bridgehead atoms. The van der Waals surface area contributed by atoms with Gasteiger partial charge in [0, 0.05) is 29.5 Å². The van der Waals surface area contributed by atoms with Crippen LogP contribution in [0, 0.1) is 0 Å². The smallest absolute Gasteiger partial charge is 0.142 e. The maximum atomic E-state index is 5.92. The van der Waals surface area contributed by atoms with E-state index in [0.717, 1.165) is 16.7 Å². The van der Waals surface area contributed by atoms with Crippen LogP contribution in [0.1, 0.15) is 39.2 Å². The minimum Gasteiger partial charge on any atom is -0.398 e. The molecule has 2 rings (SSSR count). The average Bonchev–Trinajstić information content (AvgIpc) is 2.71. The van der Waals surface area contributed by atoms with Gasteiger partial charge >= 0.3 is 0 Å². The summed E-state index contributed by atoms with van der Waals surface area (Å²) in [6, 6.07) is 4.40. The van der Waals surface area contributed by atoms with E-state index >= 15 is 0 Å². The van der Waals surface area contributed by atoms with Crippen LogP contribution >= 0.6 is 0 Å². The van der Waals surface area contributed by atoms with Crippen LogP contribution in [0.4, 0.5) is 5.69 Å². The lowest BCUT2D eigenvalue weighted by Crippen LogP contribution is -2.04. The first-order valence-corrected chi connectivity index (χ1v) is 5.95. The topological polar surface area (TPSA) is 43.8 Å². The zero-order valence-corrected chi connectivity index (χ0v) is 9.98. The van der Waals surface area contributed by atoms with Gasteiger partial charge in [0.25, 0.3) is 0 Å². The van der Waals surface area contributed by atoms with Crippen molar-refractivity contribution in [2.45, 2.75) is 39.2 Å². The van der Waals surface area contributed by atoms with Gasteiger partial charge < -0.3 is 10.3 Å². The van der Waals surface area contributed by atoms with Gasteiger partial charge in [-0.15, -0.1) is 0 Å². The first-order chi connectivity index (χ1) is 7.74. The fourth-order valence-corrected chi connectivity index (χ4v) is 2.07. The molecule has 3 heteroatoms. The van der Waals surface area contributed by atoms with Gasteiger partial charge in [-0.3, -0.25) is 0 Å². The molecule has 0 aliphatic rings. The SMILES string of the molecule is CCCCC(C)n1ccc2c(N)ccnc21. The normalized spacial score (nSPS) is 13.1. The van der Waals surface area contributed by atoms with Crippen molar-refractivity contribution < 1.29 is 0 Å². The van der Waals surface area contributed by atoms with Gasteiger partial charge in [-0.25, -0.2) is 4.98 Å². The minimum atomic E-state index is 0.492. The van der Waals surface area contributed by atoms with Crippen LogP contribution in [-0.4, -0.2) is 9.55 Å². The molecule has 1 unspecified atom stereocenters. The molecule has 2 aromatic heterocycles. The molecular weight excluding hydrogens is 198 g/mol. The highest BCUT2D eigenvalue weighted by Gasteiger charge is 2.09. The third-order valence-electron chi connectivity index (χ3n) is 3.10. The van der Waals surface area contributed by atoms with Crippen molar-refractivity contribution in [3.63, 3.8) is 0 Å². The molecule has 2 heterocycles. The molecule has 2 aromatic rings. The Kier molecular flexibility index (Phi) is 3.13. The number of unbranched alkanes of at least 4 members (excludes halogenated alkanes) is 1. The molecule has 0 radical (unpaired) electrons. The predicted octanol–water partition coefficient (Wildman–Crippen LogP) is 3.37. The zero-order chi connectivity index (χ0) is 11.5. The fourth-order valence-electron chi connectivity index (χ4n) is 2.07. The minimum absolute atomic E-state index is 0.492.